The van der Waals surface area contributed by atoms with Crippen LogP contribution in [0.4, 0.5) is 13.6 Å². The van der Waals surface area contributed by atoms with E-state index in [1.54, 1.807) is 48.5 Å². The van der Waals surface area contributed by atoms with Crippen LogP contribution in [-0.4, -0.2) is 31.0 Å². The molecule has 2 rings (SSSR count). The second kappa shape index (κ2) is 10.8. The summed E-state index contributed by atoms with van der Waals surface area (Å²) in [4.78, 5) is 24.0. The van der Waals surface area contributed by atoms with Crippen molar-refractivity contribution in [1.82, 2.24) is 10.6 Å². The van der Waals surface area contributed by atoms with Gasteiger partial charge in [-0.3, -0.25) is 4.79 Å². The van der Waals surface area contributed by atoms with Crippen molar-refractivity contribution in [3.63, 3.8) is 0 Å². The summed E-state index contributed by atoms with van der Waals surface area (Å²) in [5.41, 5.74) is 0.894. The van der Waals surface area contributed by atoms with E-state index in [1.165, 1.54) is 12.1 Å². The summed E-state index contributed by atoms with van der Waals surface area (Å²) in [6, 6.07) is 18.2. The first-order valence-corrected chi connectivity index (χ1v) is 8.96. The molecule has 0 radical (unpaired) electrons. The number of amides is 2. The van der Waals surface area contributed by atoms with Gasteiger partial charge in [-0.2, -0.15) is 5.26 Å². The standard InChI is InChI=1S/C21H21F2N3O3/c22-21(23,11-13-26-20(28)29-15-16-7-3-1-4-8-16)18(19(27)25-14-12-24)17-9-5-2-6-10-17/h1-10,18H,11,13-15H2,(H,25,27)(H,26,28)/t18-/m0/s1. The van der Waals surface area contributed by atoms with E-state index in [4.69, 9.17) is 10.00 Å². The molecule has 0 heterocycles. The highest BCUT2D eigenvalue weighted by Crippen LogP contribution is 2.36. The Morgan fingerprint density at radius 1 is 1.03 bits per heavy atom. The van der Waals surface area contributed by atoms with Crippen LogP contribution >= 0.6 is 0 Å². The molecule has 0 bridgehead atoms. The summed E-state index contributed by atoms with van der Waals surface area (Å²) in [6.45, 7) is -0.732. The number of rotatable bonds is 9. The van der Waals surface area contributed by atoms with E-state index in [0.29, 0.717) is 0 Å². The Morgan fingerprint density at radius 3 is 2.28 bits per heavy atom. The van der Waals surface area contributed by atoms with Gasteiger partial charge in [0.05, 0.1) is 6.07 Å². The molecule has 2 aromatic rings. The van der Waals surface area contributed by atoms with Crippen molar-refractivity contribution in [1.29, 1.82) is 5.26 Å². The zero-order valence-electron chi connectivity index (χ0n) is 15.6. The van der Waals surface area contributed by atoms with Crippen molar-refractivity contribution in [2.75, 3.05) is 13.1 Å². The van der Waals surface area contributed by atoms with Gasteiger partial charge in [0.15, 0.2) is 0 Å². The molecule has 152 valence electrons. The first-order valence-electron chi connectivity index (χ1n) is 8.96. The molecule has 8 heteroatoms. The molecule has 0 saturated heterocycles. The Balaban J connectivity index is 1.94. The Morgan fingerprint density at radius 2 is 1.66 bits per heavy atom. The lowest BCUT2D eigenvalue weighted by atomic mass is 9.89. The van der Waals surface area contributed by atoms with E-state index in [-0.39, 0.29) is 25.3 Å². The van der Waals surface area contributed by atoms with Crippen LogP contribution in [-0.2, 0) is 16.1 Å². The summed E-state index contributed by atoms with van der Waals surface area (Å²) < 4.78 is 34.6. The molecule has 0 aliphatic heterocycles. The van der Waals surface area contributed by atoms with Crippen molar-refractivity contribution in [3.8, 4) is 6.07 Å². The Bertz CT molecular complexity index is 839. The lowest BCUT2D eigenvalue weighted by Gasteiger charge is -2.26. The third-order valence-corrected chi connectivity index (χ3v) is 4.10. The Labute approximate surface area is 167 Å². The fraction of sp³-hybridized carbons (Fsp3) is 0.286. The highest BCUT2D eigenvalue weighted by molar-refractivity contribution is 5.85. The fourth-order valence-electron chi connectivity index (χ4n) is 2.71. The topological polar surface area (TPSA) is 91.2 Å². The minimum absolute atomic E-state index is 0.0201. The third-order valence-electron chi connectivity index (χ3n) is 4.10. The van der Waals surface area contributed by atoms with Gasteiger partial charge in [0, 0.05) is 13.0 Å². The molecule has 0 saturated carbocycles. The van der Waals surface area contributed by atoms with Gasteiger partial charge >= 0.3 is 6.09 Å². The van der Waals surface area contributed by atoms with Gasteiger partial charge in [-0.15, -0.1) is 0 Å². The number of nitrogens with zero attached hydrogens (tertiary/aromatic N) is 1. The number of alkyl carbamates (subject to hydrolysis) is 1. The summed E-state index contributed by atoms with van der Waals surface area (Å²) in [6.07, 6.45) is -1.60. The van der Waals surface area contributed by atoms with Gasteiger partial charge in [-0.05, 0) is 11.1 Å². The van der Waals surface area contributed by atoms with Crippen molar-refractivity contribution in [2.24, 2.45) is 0 Å². The van der Waals surface area contributed by atoms with E-state index < -0.39 is 30.3 Å². The molecule has 0 aromatic heterocycles. The summed E-state index contributed by atoms with van der Waals surface area (Å²) in [7, 11) is 0. The minimum atomic E-state index is -3.45. The molecule has 2 aromatic carbocycles. The number of halogens is 2. The summed E-state index contributed by atoms with van der Waals surface area (Å²) in [5.74, 6) is -6.18. The fourth-order valence-corrected chi connectivity index (χ4v) is 2.71. The van der Waals surface area contributed by atoms with Crippen LogP contribution in [0.1, 0.15) is 23.5 Å². The molecule has 1 atom stereocenters. The number of hydrogen-bond acceptors (Lipinski definition) is 4. The van der Waals surface area contributed by atoms with Gasteiger partial charge in [0.2, 0.25) is 5.91 Å². The largest absolute Gasteiger partial charge is 0.445 e. The highest BCUT2D eigenvalue weighted by Gasteiger charge is 2.44. The Kier molecular flexibility index (Phi) is 8.10. The number of nitriles is 1. The predicted molar refractivity (Wildman–Crippen MR) is 102 cm³/mol. The molecule has 0 unspecified atom stereocenters. The van der Waals surface area contributed by atoms with Crippen molar-refractivity contribution < 1.29 is 23.1 Å². The van der Waals surface area contributed by atoms with Gasteiger partial charge in [0.25, 0.3) is 5.92 Å². The first-order chi connectivity index (χ1) is 13.9. The van der Waals surface area contributed by atoms with E-state index in [2.05, 4.69) is 10.6 Å². The molecule has 2 amide bonds. The van der Waals surface area contributed by atoms with E-state index in [0.717, 1.165) is 5.56 Å². The van der Waals surface area contributed by atoms with Crippen molar-refractivity contribution in [2.45, 2.75) is 24.9 Å². The average molecular weight is 401 g/mol. The summed E-state index contributed by atoms with van der Waals surface area (Å²) in [5, 5.41) is 13.0. The zero-order valence-corrected chi connectivity index (χ0v) is 15.6. The van der Waals surface area contributed by atoms with Crippen LogP contribution in [0.25, 0.3) is 0 Å². The van der Waals surface area contributed by atoms with Crippen LogP contribution in [0.2, 0.25) is 0 Å². The lowest BCUT2D eigenvalue weighted by Crippen LogP contribution is -2.42. The van der Waals surface area contributed by atoms with Gasteiger partial charge in [-0.25, -0.2) is 13.6 Å². The number of carbonyl (C=O) groups excluding carboxylic acids is 2. The van der Waals surface area contributed by atoms with Gasteiger partial charge in [0.1, 0.15) is 19.1 Å². The quantitative estimate of drug-likeness (QED) is 0.631. The zero-order chi connectivity index (χ0) is 21.1. The van der Waals surface area contributed by atoms with Crippen LogP contribution in [0.3, 0.4) is 0 Å². The van der Waals surface area contributed by atoms with Crippen LogP contribution in [0.5, 0.6) is 0 Å². The Hall–Kier alpha value is -3.47. The van der Waals surface area contributed by atoms with Crippen LogP contribution in [0.15, 0.2) is 60.7 Å². The van der Waals surface area contributed by atoms with Gasteiger partial charge < -0.3 is 15.4 Å². The molecule has 6 nitrogen and oxygen atoms in total. The van der Waals surface area contributed by atoms with Gasteiger partial charge in [-0.1, -0.05) is 60.7 Å². The summed E-state index contributed by atoms with van der Waals surface area (Å²) >= 11 is 0. The maximum atomic E-state index is 14.8. The number of ether oxygens (including phenoxy) is 1. The molecule has 0 fully saturated rings. The molecule has 0 aliphatic carbocycles. The SMILES string of the molecule is N#CCNC(=O)[C@H](c1ccccc1)C(F)(F)CCNC(=O)OCc1ccccc1. The second-order valence-corrected chi connectivity index (χ2v) is 6.22. The van der Waals surface area contributed by atoms with E-state index >= 15 is 0 Å². The highest BCUT2D eigenvalue weighted by atomic mass is 19.3. The maximum Gasteiger partial charge on any atom is 0.407 e. The number of alkyl halides is 2. The number of benzene rings is 2. The molecule has 0 spiro atoms. The van der Waals surface area contributed by atoms with Crippen LogP contribution < -0.4 is 10.6 Å². The second-order valence-electron chi connectivity index (χ2n) is 6.22. The number of hydrogen-bond donors (Lipinski definition) is 2. The number of carbonyl (C=O) groups is 2. The smallest absolute Gasteiger partial charge is 0.407 e. The van der Waals surface area contributed by atoms with E-state index in [9.17, 15) is 18.4 Å². The first kappa shape index (κ1) is 21.8. The van der Waals surface area contributed by atoms with E-state index in [1.807, 2.05) is 6.07 Å². The molecule has 0 aliphatic rings. The third kappa shape index (κ3) is 6.88. The molecule has 29 heavy (non-hydrogen) atoms. The molecular weight excluding hydrogens is 380 g/mol. The number of nitrogens with one attached hydrogen (secondary N) is 2. The maximum absolute atomic E-state index is 14.8. The molecular formula is C21H21F2N3O3. The monoisotopic (exact) mass is 401 g/mol. The normalized spacial score (nSPS) is 11.8. The molecule has 2 N–H and O–H groups in total. The minimum Gasteiger partial charge on any atom is -0.445 e. The lowest BCUT2D eigenvalue weighted by molar-refractivity contribution is -0.132. The predicted octanol–water partition coefficient (Wildman–Crippen LogP) is 3.36. The van der Waals surface area contributed by atoms with Crippen LogP contribution in [0, 0.1) is 11.3 Å². The van der Waals surface area contributed by atoms with Crippen molar-refractivity contribution >= 4 is 12.0 Å². The van der Waals surface area contributed by atoms with Crippen molar-refractivity contribution in [3.05, 3.63) is 71.8 Å². The average Bonchev–Trinajstić information content (AvgIpc) is 2.72.